The maximum Gasteiger partial charge on any atom is 0.0443 e. The van der Waals surface area contributed by atoms with Gasteiger partial charge in [0.1, 0.15) is 0 Å². The largest absolute Gasteiger partial charge is 0.122 e. The smallest absolute Gasteiger partial charge is 0.0443 e. The van der Waals surface area contributed by atoms with Gasteiger partial charge in [-0.2, -0.15) is 0 Å². The van der Waals surface area contributed by atoms with E-state index in [1.54, 1.807) is 0 Å². The molecule has 1 rings (SSSR count). The molecule has 0 N–H and O–H groups in total. The van der Waals surface area contributed by atoms with Crippen molar-refractivity contribution in [2.24, 2.45) is 0 Å². The highest BCUT2D eigenvalue weighted by atomic mass is 32.2. The lowest BCUT2D eigenvalue weighted by atomic mass is 10.2. The summed E-state index contributed by atoms with van der Waals surface area (Å²) in [4.78, 5) is 1.38. The van der Waals surface area contributed by atoms with E-state index in [0.29, 0.717) is 5.25 Å². The first-order valence-corrected chi connectivity index (χ1v) is 10.9. The fourth-order valence-electron chi connectivity index (χ4n) is 1.70. The summed E-state index contributed by atoms with van der Waals surface area (Å²) in [6.45, 7) is 11.2. The number of allylic oxidation sites excluding steroid dienone is 1. The molecule has 0 amide bonds. The quantitative estimate of drug-likeness (QED) is 0.358. The summed E-state index contributed by atoms with van der Waals surface area (Å²) in [6.07, 6.45) is 4.50. The fraction of sp³-hybridized carbons (Fsp3) is 0.467. The van der Waals surface area contributed by atoms with Gasteiger partial charge in [-0.3, -0.25) is 0 Å². The van der Waals surface area contributed by atoms with Crippen molar-refractivity contribution in [2.45, 2.75) is 48.7 Å². The van der Waals surface area contributed by atoms with Crippen LogP contribution in [0.25, 0.3) is 0 Å². The first kappa shape index (κ1) is 14.6. The standard InChI is InChI=1S/C15H24SSi/c1-5-9-14(12-13-17(2,3)4)16-15-10-7-6-8-11-15/h5-8,10-11,14H,1,9,12-13H2,2-4H3. The Morgan fingerprint density at radius 3 is 2.41 bits per heavy atom. The van der Waals surface area contributed by atoms with Crippen LogP contribution in [0.3, 0.4) is 0 Å². The van der Waals surface area contributed by atoms with Crippen molar-refractivity contribution >= 4 is 19.8 Å². The summed E-state index contributed by atoms with van der Waals surface area (Å²) in [5, 5.41) is 0.696. The number of benzene rings is 1. The molecule has 94 valence electrons. The van der Waals surface area contributed by atoms with Gasteiger partial charge >= 0.3 is 0 Å². The van der Waals surface area contributed by atoms with Crippen LogP contribution in [0.4, 0.5) is 0 Å². The Morgan fingerprint density at radius 2 is 1.88 bits per heavy atom. The van der Waals surface area contributed by atoms with E-state index >= 15 is 0 Å². The molecule has 0 aliphatic heterocycles. The van der Waals surface area contributed by atoms with Crippen molar-refractivity contribution in [2.75, 3.05) is 0 Å². The molecule has 0 heterocycles. The number of hydrogen-bond acceptors (Lipinski definition) is 1. The van der Waals surface area contributed by atoms with Crippen LogP contribution in [0.5, 0.6) is 0 Å². The lowest BCUT2D eigenvalue weighted by Gasteiger charge is -2.20. The molecule has 0 bridgehead atoms. The summed E-state index contributed by atoms with van der Waals surface area (Å²) >= 11 is 2.00. The van der Waals surface area contributed by atoms with Gasteiger partial charge < -0.3 is 0 Å². The van der Waals surface area contributed by atoms with Gasteiger partial charge in [-0.05, 0) is 25.0 Å². The highest BCUT2D eigenvalue weighted by molar-refractivity contribution is 8.00. The summed E-state index contributed by atoms with van der Waals surface area (Å²) in [5.41, 5.74) is 0. The number of rotatable bonds is 7. The molecular weight excluding hydrogens is 240 g/mol. The van der Waals surface area contributed by atoms with Crippen molar-refractivity contribution in [3.05, 3.63) is 43.0 Å². The normalized spacial score (nSPS) is 13.4. The van der Waals surface area contributed by atoms with Crippen molar-refractivity contribution < 1.29 is 0 Å². The Labute approximate surface area is 112 Å². The van der Waals surface area contributed by atoms with E-state index in [2.05, 4.69) is 62.6 Å². The second-order valence-electron chi connectivity index (χ2n) is 5.68. The minimum atomic E-state index is -0.914. The molecular formula is C15H24SSi. The maximum absolute atomic E-state index is 3.88. The van der Waals surface area contributed by atoms with Gasteiger partial charge in [0.15, 0.2) is 0 Å². The Morgan fingerprint density at radius 1 is 1.24 bits per heavy atom. The Bertz CT molecular complexity index is 327. The topological polar surface area (TPSA) is 0 Å². The van der Waals surface area contributed by atoms with Gasteiger partial charge in [0.2, 0.25) is 0 Å². The van der Waals surface area contributed by atoms with Crippen LogP contribution in [-0.4, -0.2) is 13.3 Å². The van der Waals surface area contributed by atoms with Crippen LogP contribution >= 0.6 is 11.8 Å². The molecule has 0 saturated heterocycles. The molecule has 1 aromatic rings. The molecule has 0 radical (unpaired) electrons. The predicted octanol–water partition coefficient (Wildman–Crippen LogP) is 5.45. The Hall–Kier alpha value is -0.473. The van der Waals surface area contributed by atoms with Crippen molar-refractivity contribution in [3.63, 3.8) is 0 Å². The second-order valence-corrected chi connectivity index (χ2v) is 12.7. The fourth-order valence-corrected chi connectivity index (χ4v) is 4.29. The molecule has 1 aromatic carbocycles. The van der Waals surface area contributed by atoms with Crippen molar-refractivity contribution in [3.8, 4) is 0 Å². The highest BCUT2D eigenvalue weighted by Gasteiger charge is 2.16. The van der Waals surface area contributed by atoms with Crippen molar-refractivity contribution in [1.82, 2.24) is 0 Å². The third-order valence-corrected chi connectivity index (χ3v) is 5.79. The minimum absolute atomic E-state index is 0.696. The molecule has 0 aromatic heterocycles. The molecule has 0 aliphatic carbocycles. The second kappa shape index (κ2) is 7.07. The average molecular weight is 265 g/mol. The van der Waals surface area contributed by atoms with E-state index in [1.807, 2.05) is 11.8 Å². The van der Waals surface area contributed by atoms with E-state index in [4.69, 9.17) is 0 Å². The average Bonchev–Trinajstić information content (AvgIpc) is 2.27. The molecule has 0 aliphatic rings. The maximum atomic E-state index is 3.88. The molecule has 2 heteroatoms. The zero-order valence-corrected chi connectivity index (χ0v) is 13.1. The summed E-state index contributed by atoms with van der Waals surface area (Å²) < 4.78 is 0. The molecule has 17 heavy (non-hydrogen) atoms. The molecule has 0 fully saturated rings. The molecule has 1 atom stereocenters. The van der Waals surface area contributed by atoms with Crippen LogP contribution < -0.4 is 0 Å². The van der Waals surface area contributed by atoms with E-state index in [9.17, 15) is 0 Å². The number of thioether (sulfide) groups is 1. The van der Waals surface area contributed by atoms with Gasteiger partial charge in [0.25, 0.3) is 0 Å². The van der Waals surface area contributed by atoms with Gasteiger partial charge in [0.05, 0.1) is 0 Å². The van der Waals surface area contributed by atoms with Gasteiger partial charge in [-0.15, -0.1) is 18.3 Å². The SMILES string of the molecule is C=CCC(CC[Si](C)(C)C)Sc1ccccc1. The summed E-state index contributed by atoms with van der Waals surface area (Å²) in [7, 11) is -0.914. The lowest BCUT2D eigenvalue weighted by molar-refractivity contribution is 0.824. The third-order valence-electron chi connectivity index (χ3n) is 2.69. The predicted molar refractivity (Wildman–Crippen MR) is 83.7 cm³/mol. The molecule has 1 unspecified atom stereocenters. The van der Waals surface area contributed by atoms with Crippen LogP contribution in [0, 0.1) is 0 Å². The highest BCUT2D eigenvalue weighted by Crippen LogP contribution is 2.30. The van der Waals surface area contributed by atoms with Gasteiger partial charge in [-0.1, -0.05) is 50.0 Å². The van der Waals surface area contributed by atoms with Crippen molar-refractivity contribution in [1.29, 1.82) is 0 Å². The minimum Gasteiger partial charge on any atom is -0.122 e. The van der Waals surface area contributed by atoms with Gasteiger partial charge in [-0.25, -0.2) is 0 Å². The molecule has 0 saturated carbocycles. The van der Waals surface area contributed by atoms with Crippen LogP contribution in [0.2, 0.25) is 25.7 Å². The van der Waals surface area contributed by atoms with Crippen LogP contribution in [0.1, 0.15) is 12.8 Å². The van der Waals surface area contributed by atoms with E-state index < -0.39 is 8.07 Å². The van der Waals surface area contributed by atoms with Gasteiger partial charge in [0, 0.05) is 18.2 Å². The van der Waals surface area contributed by atoms with E-state index in [0.717, 1.165) is 6.42 Å². The first-order chi connectivity index (χ1) is 8.01. The zero-order valence-electron chi connectivity index (χ0n) is 11.3. The summed E-state index contributed by atoms with van der Waals surface area (Å²) in [6, 6.07) is 12.1. The first-order valence-electron chi connectivity index (χ1n) is 6.34. The molecule has 0 spiro atoms. The lowest BCUT2D eigenvalue weighted by Crippen LogP contribution is -2.21. The van der Waals surface area contributed by atoms with E-state index in [-0.39, 0.29) is 0 Å². The Kier molecular flexibility index (Phi) is 6.07. The zero-order chi connectivity index (χ0) is 12.7. The third kappa shape index (κ3) is 6.74. The van der Waals surface area contributed by atoms with Crippen LogP contribution in [0.15, 0.2) is 47.9 Å². The Balaban J connectivity index is 2.51. The molecule has 0 nitrogen and oxygen atoms in total. The van der Waals surface area contributed by atoms with E-state index in [1.165, 1.54) is 17.4 Å². The number of hydrogen-bond donors (Lipinski definition) is 0. The monoisotopic (exact) mass is 264 g/mol. The van der Waals surface area contributed by atoms with Crippen LogP contribution in [-0.2, 0) is 0 Å². The summed E-state index contributed by atoms with van der Waals surface area (Å²) in [5.74, 6) is 0.